The summed E-state index contributed by atoms with van der Waals surface area (Å²) in [6, 6.07) is 12.7. The number of piperidine rings is 1. The predicted molar refractivity (Wildman–Crippen MR) is 137 cm³/mol. The Labute approximate surface area is 203 Å². The molecule has 1 atom stereocenters. The van der Waals surface area contributed by atoms with Gasteiger partial charge in [-0.2, -0.15) is 4.31 Å². The molecule has 2 aliphatic rings. The van der Waals surface area contributed by atoms with Crippen LogP contribution in [-0.4, -0.2) is 68.8 Å². The van der Waals surface area contributed by atoms with Crippen molar-refractivity contribution in [3.63, 3.8) is 0 Å². The number of para-hydroxylation sites is 2. The topological polar surface area (TPSA) is 73.0 Å². The summed E-state index contributed by atoms with van der Waals surface area (Å²) in [6.45, 7) is 11.3. The second-order valence-electron chi connectivity index (χ2n) is 9.33. The Balaban J connectivity index is 1.57. The van der Waals surface area contributed by atoms with Gasteiger partial charge in [-0.15, -0.1) is 0 Å². The number of hydrogen-bond acceptors (Lipinski definition) is 5. The lowest BCUT2D eigenvalue weighted by Crippen LogP contribution is -2.46. The Bertz CT molecular complexity index is 1130. The van der Waals surface area contributed by atoms with Gasteiger partial charge in [0.25, 0.3) is 5.91 Å². The zero-order valence-electron chi connectivity index (χ0n) is 20.5. The zero-order valence-corrected chi connectivity index (χ0v) is 21.3. The molecule has 184 valence electrons. The van der Waals surface area contributed by atoms with Crippen LogP contribution in [0.25, 0.3) is 0 Å². The van der Waals surface area contributed by atoms with E-state index in [-0.39, 0.29) is 16.8 Å². The van der Waals surface area contributed by atoms with Gasteiger partial charge in [-0.05, 0) is 63.1 Å². The Morgan fingerprint density at radius 1 is 1.03 bits per heavy atom. The van der Waals surface area contributed by atoms with Gasteiger partial charge in [-0.1, -0.05) is 31.5 Å². The number of aryl methyl sites for hydroxylation is 1. The van der Waals surface area contributed by atoms with Gasteiger partial charge in [0, 0.05) is 44.3 Å². The van der Waals surface area contributed by atoms with Gasteiger partial charge in [-0.3, -0.25) is 4.79 Å². The number of piperazine rings is 1. The molecule has 0 aromatic heterocycles. The quantitative estimate of drug-likeness (QED) is 0.672. The minimum Gasteiger partial charge on any atom is -0.367 e. The number of nitrogens with zero attached hydrogens (tertiary/aromatic N) is 3. The van der Waals surface area contributed by atoms with Crippen LogP contribution in [0, 0.1) is 6.92 Å². The molecule has 0 saturated carbocycles. The van der Waals surface area contributed by atoms with Gasteiger partial charge in [0.05, 0.1) is 16.3 Å². The summed E-state index contributed by atoms with van der Waals surface area (Å²) in [4.78, 5) is 18.2. The minimum absolute atomic E-state index is 0.0302. The molecule has 1 N–H and O–H groups in total. The summed E-state index contributed by atoms with van der Waals surface area (Å²) in [5.74, 6) is -0.291. The summed E-state index contributed by atoms with van der Waals surface area (Å²) in [6.07, 6.45) is 2.77. The number of sulfonamides is 1. The second kappa shape index (κ2) is 10.5. The molecule has 2 aliphatic heterocycles. The first-order chi connectivity index (χ1) is 16.3. The monoisotopic (exact) mass is 484 g/mol. The summed E-state index contributed by atoms with van der Waals surface area (Å²) in [5, 5.41) is 3.05. The van der Waals surface area contributed by atoms with E-state index in [1.807, 2.05) is 38.1 Å². The molecule has 2 fully saturated rings. The third-order valence-electron chi connectivity index (χ3n) is 7.11. The minimum atomic E-state index is -3.65. The van der Waals surface area contributed by atoms with Crippen LogP contribution in [0.15, 0.2) is 47.4 Å². The van der Waals surface area contributed by atoms with Gasteiger partial charge >= 0.3 is 0 Å². The average Bonchev–Trinajstić information content (AvgIpc) is 2.84. The molecular weight excluding hydrogens is 448 g/mol. The van der Waals surface area contributed by atoms with Crippen LogP contribution in [0.2, 0.25) is 0 Å². The van der Waals surface area contributed by atoms with Gasteiger partial charge in [0.1, 0.15) is 0 Å². The van der Waals surface area contributed by atoms with E-state index in [0.717, 1.165) is 68.9 Å². The number of nitrogens with one attached hydrogen (secondary N) is 1. The molecule has 1 unspecified atom stereocenters. The highest BCUT2D eigenvalue weighted by molar-refractivity contribution is 7.89. The molecular formula is C26H36N4O3S. The molecule has 8 heteroatoms. The molecule has 34 heavy (non-hydrogen) atoms. The predicted octanol–water partition coefficient (Wildman–Crippen LogP) is 3.95. The largest absolute Gasteiger partial charge is 0.367 e. The molecule has 4 rings (SSSR count). The second-order valence-corrected chi connectivity index (χ2v) is 11.2. The lowest BCUT2D eigenvalue weighted by Gasteiger charge is -2.36. The number of hydrogen-bond donors (Lipinski definition) is 1. The van der Waals surface area contributed by atoms with Crippen molar-refractivity contribution >= 4 is 27.3 Å². The van der Waals surface area contributed by atoms with E-state index in [0.29, 0.717) is 12.1 Å². The van der Waals surface area contributed by atoms with Crippen molar-refractivity contribution < 1.29 is 13.2 Å². The lowest BCUT2D eigenvalue weighted by atomic mass is 10.1. The SMILES string of the molecule is CCN1CCN(c2ccccc2NC(=O)c2cc(S(=O)(=O)N3CCCCC3C)ccc2C)CC1. The Morgan fingerprint density at radius 2 is 1.76 bits per heavy atom. The van der Waals surface area contributed by atoms with Crippen LogP contribution in [-0.2, 0) is 10.0 Å². The average molecular weight is 485 g/mol. The smallest absolute Gasteiger partial charge is 0.256 e. The van der Waals surface area contributed by atoms with Crippen LogP contribution in [0.4, 0.5) is 11.4 Å². The molecule has 7 nitrogen and oxygen atoms in total. The first kappa shape index (κ1) is 24.7. The third kappa shape index (κ3) is 5.14. The normalized spacial score (nSPS) is 20.3. The van der Waals surface area contributed by atoms with E-state index in [2.05, 4.69) is 22.0 Å². The number of carbonyl (C=O) groups excluding carboxylic acids is 1. The molecule has 2 saturated heterocycles. The van der Waals surface area contributed by atoms with Crippen molar-refractivity contribution in [1.29, 1.82) is 0 Å². The van der Waals surface area contributed by atoms with Crippen LogP contribution >= 0.6 is 0 Å². The molecule has 0 radical (unpaired) electrons. The fourth-order valence-corrected chi connectivity index (χ4v) is 6.65. The highest BCUT2D eigenvalue weighted by Crippen LogP contribution is 2.29. The maximum atomic E-state index is 13.3. The highest BCUT2D eigenvalue weighted by Gasteiger charge is 2.31. The summed E-state index contributed by atoms with van der Waals surface area (Å²) in [7, 11) is -3.65. The van der Waals surface area contributed by atoms with Gasteiger partial charge in [0.2, 0.25) is 10.0 Å². The van der Waals surface area contributed by atoms with Crippen molar-refractivity contribution in [2.75, 3.05) is 49.5 Å². The molecule has 2 aromatic carbocycles. The summed E-state index contributed by atoms with van der Waals surface area (Å²) in [5.41, 5.74) is 2.87. The number of benzene rings is 2. The van der Waals surface area contributed by atoms with E-state index in [1.54, 1.807) is 16.4 Å². The van der Waals surface area contributed by atoms with Crippen molar-refractivity contribution in [2.24, 2.45) is 0 Å². The number of carbonyl (C=O) groups is 1. The van der Waals surface area contributed by atoms with E-state index in [9.17, 15) is 13.2 Å². The fraction of sp³-hybridized carbons (Fsp3) is 0.500. The fourth-order valence-electron chi connectivity index (χ4n) is 4.92. The van der Waals surface area contributed by atoms with E-state index >= 15 is 0 Å². The maximum absolute atomic E-state index is 13.3. The molecule has 0 bridgehead atoms. The maximum Gasteiger partial charge on any atom is 0.256 e. The molecule has 0 spiro atoms. The van der Waals surface area contributed by atoms with E-state index in [1.165, 1.54) is 6.07 Å². The Kier molecular flexibility index (Phi) is 7.60. The van der Waals surface area contributed by atoms with Crippen molar-refractivity contribution in [1.82, 2.24) is 9.21 Å². The van der Waals surface area contributed by atoms with Crippen LogP contribution < -0.4 is 10.2 Å². The first-order valence-electron chi connectivity index (χ1n) is 12.3. The van der Waals surface area contributed by atoms with Crippen molar-refractivity contribution in [3.8, 4) is 0 Å². The van der Waals surface area contributed by atoms with Gasteiger partial charge < -0.3 is 15.1 Å². The van der Waals surface area contributed by atoms with Gasteiger partial charge in [-0.25, -0.2) is 8.42 Å². The number of likely N-dealkylation sites (N-methyl/N-ethyl adjacent to an activating group) is 1. The Hall–Kier alpha value is -2.42. The van der Waals surface area contributed by atoms with Crippen molar-refractivity contribution in [2.45, 2.75) is 51.0 Å². The number of anilines is 2. The van der Waals surface area contributed by atoms with Crippen LogP contribution in [0.1, 0.15) is 49.0 Å². The Morgan fingerprint density at radius 3 is 2.47 bits per heavy atom. The zero-order chi connectivity index (χ0) is 24.3. The summed E-state index contributed by atoms with van der Waals surface area (Å²) >= 11 is 0. The molecule has 0 aliphatic carbocycles. The number of amides is 1. The van der Waals surface area contributed by atoms with E-state index < -0.39 is 10.0 Å². The summed E-state index contributed by atoms with van der Waals surface area (Å²) < 4.78 is 28.3. The standard InChI is InChI=1S/C26H36N4O3S/c1-4-28-15-17-29(18-16-28)25-11-6-5-10-24(25)27-26(31)23-19-22(13-12-20(23)2)34(32,33)30-14-8-7-9-21(30)3/h5-6,10-13,19,21H,4,7-9,14-18H2,1-3H3,(H,27,31). The van der Waals surface area contributed by atoms with Crippen LogP contribution in [0.5, 0.6) is 0 Å². The van der Waals surface area contributed by atoms with Crippen molar-refractivity contribution in [3.05, 3.63) is 53.6 Å². The molecule has 2 heterocycles. The molecule has 2 aromatic rings. The molecule has 1 amide bonds. The third-order valence-corrected chi connectivity index (χ3v) is 9.12. The lowest BCUT2D eigenvalue weighted by molar-refractivity contribution is 0.102. The van der Waals surface area contributed by atoms with Gasteiger partial charge in [0.15, 0.2) is 0 Å². The number of rotatable bonds is 6. The van der Waals surface area contributed by atoms with E-state index in [4.69, 9.17) is 0 Å². The first-order valence-corrected chi connectivity index (χ1v) is 13.8. The highest BCUT2D eigenvalue weighted by atomic mass is 32.2. The van der Waals surface area contributed by atoms with Crippen LogP contribution in [0.3, 0.4) is 0 Å².